The molecule has 8 nitrogen and oxygen atoms in total. The second-order valence-corrected chi connectivity index (χ2v) is 8.04. The zero-order valence-corrected chi connectivity index (χ0v) is 18.0. The number of carbonyl (C=O) groups is 2. The van der Waals surface area contributed by atoms with Crippen molar-refractivity contribution in [3.63, 3.8) is 0 Å². The lowest BCUT2D eigenvalue weighted by Crippen LogP contribution is -2.27. The van der Waals surface area contributed by atoms with E-state index in [1.54, 1.807) is 37.7 Å². The van der Waals surface area contributed by atoms with Gasteiger partial charge in [0.1, 0.15) is 12.1 Å². The lowest BCUT2D eigenvalue weighted by atomic mass is 10.2. The van der Waals surface area contributed by atoms with Crippen LogP contribution < -0.4 is 10.1 Å². The molecular weight excluding hydrogens is 414 g/mol. The van der Waals surface area contributed by atoms with Crippen molar-refractivity contribution in [3.05, 3.63) is 60.4 Å². The van der Waals surface area contributed by atoms with Gasteiger partial charge in [-0.25, -0.2) is 0 Å². The number of methoxy groups -OCH3 is 1. The molecule has 1 aliphatic heterocycles. The Kier molecular flexibility index (Phi) is 6.51. The van der Waals surface area contributed by atoms with Crippen LogP contribution in [0.2, 0.25) is 0 Å². The van der Waals surface area contributed by atoms with Crippen LogP contribution in [-0.2, 0) is 4.79 Å². The van der Waals surface area contributed by atoms with Crippen molar-refractivity contribution in [3.8, 4) is 11.4 Å². The van der Waals surface area contributed by atoms with E-state index >= 15 is 0 Å². The molecule has 160 valence electrons. The average Bonchev–Trinajstić information content (AvgIpc) is 3.50. The third kappa shape index (κ3) is 5.05. The Morgan fingerprint density at radius 1 is 1.06 bits per heavy atom. The fraction of sp³-hybridized carbons (Fsp3) is 0.273. The number of amides is 2. The smallest absolute Gasteiger partial charge is 0.253 e. The number of hydrogen-bond donors (Lipinski definition) is 1. The maximum atomic E-state index is 12.4. The molecule has 2 heterocycles. The summed E-state index contributed by atoms with van der Waals surface area (Å²) in [7, 11) is 1.62. The summed E-state index contributed by atoms with van der Waals surface area (Å²) in [4.78, 5) is 26.7. The first kappa shape index (κ1) is 20.9. The first-order valence-corrected chi connectivity index (χ1v) is 11.0. The highest BCUT2D eigenvalue weighted by molar-refractivity contribution is 7.99. The molecule has 2 aromatic carbocycles. The van der Waals surface area contributed by atoms with Crippen LogP contribution in [0, 0.1) is 0 Å². The van der Waals surface area contributed by atoms with Gasteiger partial charge in [0.15, 0.2) is 5.16 Å². The average molecular weight is 438 g/mol. The van der Waals surface area contributed by atoms with Crippen molar-refractivity contribution in [2.24, 2.45) is 0 Å². The van der Waals surface area contributed by atoms with Gasteiger partial charge in [-0.05, 0) is 61.4 Å². The summed E-state index contributed by atoms with van der Waals surface area (Å²) in [6.07, 6.45) is 3.73. The van der Waals surface area contributed by atoms with Gasteiger partial charge < -0.3 is 15.0 Å². The van der Waals surface area contributed by atoms with Gasteiger partial charge in [-0.1, -0.05) is 11.8 Å². The standard InChI is InChI=1S/C22H23N5O3S/c1-30-19-10-8-18(9-11-19)27-15-23-25-22(27)31-14-20(28)24-17-6-4-16(5-7-17)21(29)26-12-2-3-13-26/h4-11,15H,2-3,12-14H2,1H3,(H,24,28). The number of carbonyl (C=O) groups excluding carboxylic acids is 2. The Balaban J connectivity index is 1.32. The molecule has 1 aromatic heterocycles. The van der Waals surface area contributed by atoms with Crippen molar-refractivity contribution < 1.29 is 14.3 Å². The van der Waals surface area contributed by atoms with Crippen LogP contribution in [0.25, 0.3) is 5.69 Å². The molecule has 1 fully saturated rings. The summed E-state index contributed by atoms with van der Waals surface area (Å²) in [6.45, 7) is 1.63. The lowest BCUT2D eigenvalue weighted by Gasteiger charge is -2.15. The molecular formula is C22H23N5O3S. The molecule has 1 aliphatic rings. The van der Waals surface area contributed by atoms with Crippen molar-refractivity contribution >= 4 is 29.3 Å². The summed E-state index contributed by atoms with van der Waals surface area (Å²) < 4.78 is 6.99. The topological polar surface area (TPSA) is 89.3 Å². The molecule has 0 atom stereocenters. The van der Waals surface area contributed by atoms with E-state index in [-0.39, 0.29) is 17.6 Å². The van der Waals surface area contributed by atoms with E-state index in [0.29, 0.717) is 16.4 Å². The van der Waals surface area contributed by atoms with E-state index in [1.807, 2.05) is 33.7 Å². The van der Waals surface area contributed by atoms with Crippen molar-refractivity contribution in [2.45, 2.75) is 18.0 Å². The lowest BCUT2D eigenvalue weighted by molar-refractivity contribution is -0.113. The number of hydrogen-bond acceptors (Lipinski definition) is 6. The predicted molar refractivity (Wildman–Crippen MR) is 119 cm³/mol. The van der Waals surface area contributed by atoms with Crippen LogP contribution >= 0.6 is 11.8 Å². The van der Waals surface area contributed by atoms with E-state index in [1.165, 1.54) is 11.8 Å². The quantitative estimate of drug-likeness (QED) is 0.571. The Morgan fingerprint density at radius 2 is 1.77 bits per heavy atom. The summed E-state index contributed by atoms with van der Waals surface area (Å²) in [5, 5.41) is 11.5. The SMILES string of the molecule is COc1ccc(-n2cnnc2SCC(=O)Nc2ccc(C(=O)N3CCCC3)cc2)cc1. The first-order valence-electron chi connectivity index (χ1n) is 10.0. The molecule has 1 N–H and O–H groups in total. The molecule has 2 amide bonds. The van der Waals surface area contributed by atoms with Crippen LogP contribution in [0.1, 0.15) is 23.2 Å². The van der Waals surface area contributed by atoms with Gasteiger partial charge >= 0.3 is 0 Å². The van der Waals surface area contributed by atoms with Crippen LogP contribution in [0.4, 0.5) is 5.69 Å². The van der Waals surface area contributed by atoms with Gasteiger partial charge in [-0.15, -0.1) is 10.2 Å². The molecule has 4 rings (SSSR count). The maximum Gasteiger partial charge on any atom is 0.253 e. The normalized spacial score (nSPS) is 13.3. The molecule has 0 radical (unpaired) electrons. The van der Waals surface area contributed by atoms with Gasteiger partial charge in [0.05, 0.1) is 12.9 Å². The molecule has 0 bridgehead atoms. The number of likely N-dealkylation sites (tertiary alicyclic amines) is 1. The predicted octanol–water partition coefficient (Wildman–Crippen LogP) is 3.24. The minimum Gasteiger partial charge on any atom is -0.497 e. The number of aromatic nitrogens is 3. The van der Waals surface area contributed by atoms with Crippen LogP contribution in [-0.4, -0.2) is 57.4 Å². The number of nitrogens with zero attached hydrogens (tertiary/aromatic N) is 4. The van der Waals surface area contributed by atoms with E-state index in [4.69, 9.17) is 4.74 Å². The third-order valence-corrected chi connectivity index (χ3v) is 5.95. The minimum absolute atomic E-state index is 0.0452. The van der Waals surface area contributed by atoms with Crippen molar-refractivity contribution in [1.29, 1.82) is 0 Å². The Morgan fingerprint density at radius 3 is 2.45 bits per heavy atom. The number of thioether (sulfide) groups is 1. The Labute approximate surface area is 184 Å². The highest BCUT2D eigenvalue weighted by atomic mass is 32.2. The molecule has 0 aliphatic carbocycles. The largest absolute Gasteiger partial charge is 0.497 e. The van der Waals surface area contributed by atoms with Crippen LogP contribution in [0.15, 0.2) is 60.0 Å². The number of rotatable bonds is 7. The van der Waals surface area contributed by atoms with Gasteiger partial charge in [0, 0.05) is 30.0 Å². The van der Waals surface area contributed by atoms with E-state index in [2.05, 4.69) is 15.5 Å². The van der Waals surface area contributed by atoms with E-state index in [9.17, 15) is 9.59 Å². The van der Waals surface area contributed by atoms with Gasteiger partial charge in [-0.2, -0.15) is 0 Å². The monoisotopic (exact) mass is 437 g/mol. The molecule has 0 spiro atoms. The molecule has 3 aromatic rings. The number of anilines is 1. The molecule has 9 heteroatoms. The molecule has 0 saturated carbocycles. The zero-order chi connectivity index (χ0) is 21.6. The maximum absolute atomic E-state index is 12.4. The van der Waals surface area contributed by atoms with Crippen LogP contribution in [0.5, 0.6) is 5.75 Å². The summed E-state index contributed by atoms with van der Waals surface area (Å²) >= 11 is 1.30. The Bertz CT molecular complexity index is 1040. The minimum atomic E-state index is -0.159. The number of ether oxygens (including phenoxy) is 1. The molecule has 0 unspecified atom stereocenters. The zero-order valence-electron chi connectivity index (χ0n) is 17.2. The highest BCUT2D eigenvalue weighted by Crippen LogP contribution is 2.22. The second kappa shape index (κ2) is 9.65. The molecule has 1 saturated heterocycles. The fourth-order valence-electron chi connectivity index (χ4n) is 3.37. The van der Waals surface area contributed by atoms with E-state index in [0.717, 1.165) is 37.4 Å². The number of nitrogens with one attached hydrogen (secondary N) is 1. The summed E-state index contributed by atoms with van der Waals surface area (Å²) in [6, 6.07) is 14.5. The Hall–Kier alpha value is -3.33. The third-order valence-electron chi connectivity index (χ3n) is 5.01. The number of benzene rings is 2. The van der Waals surface area contributed by atoms with E-state index < -0.39 is 0 Å². The first-order chi connectivity index (χ1) is 15.1. The van der Waals surface area contributed by atoms with Gasteiger partial charge in [0.2, 0.25) is 5.91 Å². The summed E-state index contributed by atoms with van der Waals surface area (Å²) in [5.74, 6) is 0.832. The second-order valence-electron chi connectivity index (χ2n) is 7.10. The highest BCUT2D eigenvalue weighted by Gasteiger charge is 2.19. The van der Waals surface area contributed by atoms with Gasteiger partial charge in [0.25, 0.3) is 5.91 Å². The van der Waals surface area contributed by atoms with Gasteiger partial charge in [-0.3, -0.25) is 14.2 Å². The van der Waals surface area contributed by atoms with Crippen molar-refractivity contribution in [2.75, 3.05) is 31.3 Å². The fourth-order valence-corrected chi connectivity index (χ4v) is 4.10. The van der Waals surface area contributed by atoms with Crippen LogP contribution in [0.3, 0.4) is 0 Å². The summed E-state index contributed by atoms with van der Waals surface area (Å²) in [5.41, 5.74) is 2.18. The molecule has 31 heavy (non-hydrogen) atoms. The van der Waals surface area contributed by atoms with Crippen molar-refractivity contribution in [1.82, 2.24) is 19.7 Å².